The molecule has 1 aliphatic heterocycles. The van der Waals surface area contributed by atoms with Crippen LogP contribution in [-0.2, 0) is 16.6 Å². The highest BCUT2D eigenvalue weighted by Gasteiger charge is 2.85. The number of rotatable bonds is 0. The number of aromatic hydroxyl groups is 1. The Morgan fingerprint density at radius 1 is 1.33 bits per heavy atom. The topological polar surface area (TPSA) is 66.8 Å². The molecule has 0 aromatic heterocycles. The molecule has 0 radical (unpaired) electrons. The molecular formula is C17H16O4. The Labute approximate surface area is 121 Å². The smallest absolute Gasteiger partial charge is 0.174 e. The van der Waals surface area contributed by atoms with Crippen LogP contribution in [0.15, 0.2) is 12.1 Å². The standard InChI is InChI=1S/C17H16O4/c18-9-2-1-8-5-15-6-11(15)17(20)4-3-10(19)14-16(17,7-15)12(8)13(9)21-14/h1-2,11,14,18,20H,3-7H2/t11-,14+,15?,16?,17-/m1/s1. The van der Waals surface area contributed by atoms with Gasteiger partial charge in [0.2, 0.25) is 0 Å². The number of benzene rings is 1. The minimum absolute atomic E-state index is 0.0829. The number of ether oxygens (including phenoxy) is 1. The number of ketones is 1. The molecule has 2 bridgehead atoms. The van der Waals surface area contributed by atoms with E-state index in [1.54, 1.807) is 6.07 Å². The van der Waals surface area contributed by atoms with Gasteiger partial charge in [-0.3, -0.25) is 4.79 Å². The first-order chi connectivity index (χ1) is 10.0. The summed E-state index contributed by atoms with van der Waals surface area (Å²) >= 11 is 0. The van der Waals surface area contributed by atoms with Gasteiger partial charge < -0.3 is 14.9 Å². The van der Waals surface area contributed by atoms with E-state index in [0.717, 1.165) is 24.8 Å². The maximum absolute atomic E-state index is 12.5. The summed E-state index contributed by atoms with van der Waals surface area (Å²) in [6, 6.07) is 3.63. The zero-order valence-corrected chi connectivity index (χ0v) is 11.6. The molecule has 0 amide bonds. The van der Waals surface area contributed by atoms with E-state index in [0.29, 0.717) is 24.5 Å². The Bertz CT molecular complexity index is 755. The van der Waals surface area contributed by atoms with Gasteiger partial charge >= 0.3 is 0 Å². The largest absolute Gasteiger partial charge is 0.504 e. The molecule has 4 aliphatic carbocycles. The summed E-state index contributed by atoms with van der Waals surface area (Å²) in [4.78, 5) is 12.5. The van der Waals surface area contributed by atoms with Gasteiger partial charge in [0.25, 0.3) is 0 Å². The fourth-order valence-corrected chi connectivity index (χ4v) is 6.40. The summed E-state index contributed by atoms with van der Waals surface area (Å²) in [5, 5.41) is 21.7. The Kier molecular flexibility index (Phi) is 1.43. The first-order valence-electron chi connectivity index (χ1n) is 7.79. The average molecular weight is 284 g/mol. The van der Waals surface area contributed by atoms with Crippen molar-refractivity contribution in [2.45, 2.75) is 49.2 Å². The number of carbonyl (C=O) groups is 1. The van der Waals surface area contributed by atoms with Crippen LogP contribution >= 0.6 is 0 Å². The normalized spacial score (nSPS) is 50.4. The van der Waals surface area contributed by atoms with Gasteiger partial charge in [-0.15, -0.1) is 0 Å². The maximum Gasteiger partial charge on any atom is 0.174 e. The van der Waals surface area contributed by atoms with Crippen molar-refractivity contribution in [3.05, 3.63) is 23.3 Å². The quantitative estimate of drug-likeness (QED) is 0.757. The molecule has 1 aromatic carbocycles. The second-order valence-electron chi connectivity index (χ2n) is 7.78. The monoisotopic (exact) mass is 284 g/mol. The van der Waals surface area contributed by atoms with Crippen molar-refractivity contribution < 1.29 is 19.7 Å². The lowest BCUT2D eigenvalue weighted by Gasteiger charge is -2.49. The second-order valence-corrected chi connectivity index (χ2v) is 7.78. The fraction of sp³-hybridized carbons (Fsp3) is 0.588. The lowest BCUT2D eigenvalue weighted by molar-refractivity contribution is -0.149. The molecule has 4 heteroatoms. The van der Waals surface area contributed by atoms with Gasteiger partial charge in [0.15, 0.2) is 23.4 Å². The van der Waals surface area contributed by atoms with E-state index in [1.807, 2.05) is 6.07 Å². The van der Waals surface area contributed by atoms with E-state index in [4.69, 9.17) is 4.74 Å². The average Bonchev–Trinajstić information content (AvgIpc) is 2.95. The molecule has 6 rings (SSSR count). The summed E-state index contributed by atoms with van der Waals surface area (Å²) < 4.78 is 5.94. The van der Waals surface area contributed by atoms with E-state index in [9.17, 15) is 15.0 Å². The first-order valence-corrected chi connectivity index (χ1v) is 7.79. The van der Waals surface area contributed by atoms with E-state index in [2.05, 4.69) is 0 Å². The third kappa shape index (κ3) is 0.854. The van der Waals surface area contributed by atoms with Crippen LogP contribution in [0, 0.1) is 11.3 Å². The highest BCUT2D eigenvalue weighted by Crippen LogP contribution is 2.82. The van der Waals surface area contributed by atoms with Crippen molar-refractivity contribution in [2.24, 2.45) is 11.3 Å². The molecule has 2 spiro atoms. The van der Waals surface area contributed by atoms with Crippen molar-refractivity contribution in [2.75, 3.05) is 0 Å². The predicted molar refractivity (Wildman–Crippen MR) is 72.3 cm³/mol. The molecule has 1 heterocycles. The summed E-state index contributed by atoms with van der Waals surface area (Å²) in [6.45, 7) is 0. The highest BCUT2D eigenvalue weighted by molar-refractivity contribution is 5.90. The minimum atomic E-state index is -0.824. The summed E-state index contributed by atoms with van der Waals surface area (Å²) in [6.07, 6.45) is 3.22. The van der Waals surface area contributed by atoms with Crippen molar-refractivity contribution in [1.29, 1.82) is 0 Å². The van der Waals surface area contributed by atoms with E-state index >= 15 is 0 Å². The number of phenolic OH excluding ortho intramolecular Hbond substituents is 1. The minimum Gasteiger partial charge on any atom is -0.504 e. The third-order valence-electron chi connectivity index (χ3n) is 7.11. The zero-order valence-electron chi connectivity index (χ0n) is 11.6. The van der Waals surface area contributed by atoms with Crippen molar-refractivity contribution in [3.63, 3.8) is 0 Å². The Morgan fingerprint density at radius 3 is 3.05 bits per heavy atom. The zero-order chi connectivity index (χ0) is 14.2. The molecule has 5 aliphatic rings. The van der Waals surface area contributed by atoms with Crippen LogP contribution in [0.4, 0.5) is 0 Å². The van der Waals surface area contributed by atoms with Crippen LogP contribution < -0.4 is 4.74 Å². The molecule has 5 atom stereocenters. The number of hydrogen-bond acceptors (Lipinski definition) is 4. The van der Waals surface area contributed by atoms with Crippen LogP contribution in [0.1, 0.15) is 36.8 Å². The Morgan fingerprint density at radius 2 is 2.19 bits per heavy atom. The molecule has 108 valence electrons. The van der Waals surface area contributed by atoms with E-state index in [1.165, 1.54) is 5.56 Å². The lowest BCUT2D eigenvalue weighted by atomic mass is 9.55. The van der Waals surface area contributed by atoms with Gasteiger partial charge in [-0.2, -0.15) is 0 Å². The number of fused-ring (bicyclic) bond motifs is 1. The van der Waals surface area contributed by atoms with Crippen LogP contribution in [-0.4, -0.2) is 27.7 Å². The molecule has 3 saturated carbocycles. The molecule has 1 aromatic rings. The first kappa shape index (κ1) is 11.1. The molecular weight excluding hydrogens is 268 g/mol. The van der Waals surface area contributed by atoms with Crippen molar-refractivity contribution in [3.8, 4) is 11.5 Å². The summed E-state index contributed by atoms with van der Waals surface area (Å²) in [5.41, 5.74) is 0.876. The molecule has 2 N–H and O–H groups in total. The number of carbonyl (C=O) groups excluding carboxylic acids is 1. The SMILES string of the molecule is O=C1CC[C@@]2(O)[C@@H]3CC34Cc3ccc(O)c5c3C2(C4)[C@H]1O5. The van der Waals surface area contributed by atoms with Crippen LogP contribution in [0.2, 0.25) is 0 Å². The molecule has 3 fully saturated rings. The van der Waals surface area contributed by atoms with E-state index in [-0.39, 0.29) is 16.9 Å². The molecule has 2 unspecified atom stereocenters. The molecule has 4 nitrogen and oxygen atoms in total. The van der Waals surface area contributed by atoms with Gasteiger partial charge in [0, 0.05) is 12.0 Å². The maximum atomic E-state index is 12.5. The fourth-order valence-electron chi connectivity index (χ4n) is 6.40. The lowest BCUT2D eigenvalue weighted by Crippen LogP contribution is -2.62. The number of Topliss-reactive ketones (excluding diaryl/α,β-unsaturated/α-hetero) is 1. The Balaban J connectivity index is 1.76. The van der Waals surface area contributed by atoms with Gasteiger partial charge in [-0.05, 0) is 48.6 Å². The van der Waals surface area contributed by atoms with Gasteiger partial charge in [-0.1, -0.05) is 6.07 Å². The van der Waals surface area contributed by atoms with Crippen LogP contribution in [0.5, 0.6) is 11.5 Å². The van der Waals surface area contributed by atoms with Gasteiger partial charge in [0.1, 0.15) is 0 Å². The predicted octanol–water partition coefficient (Wildman–Crippen LogP) is 1.45. The summed E-state index contributed by atoms with van der Waals surface area (Å²) in [5.74, 6) is 0.941. The van der Waals surface area contributed by atoms with Crippen molar-refractivity contribution >= 4 is 5.78 Å². The van der Waals surface area contributed by atoms with Crippen LogP contribution in [0.3, 0.4) is 0 Å². The third-order valence-corrected chi connectivity index (χ3v) is 7.11. The van der Waals surface area contributed by atoms with Gasteiger partial charge in [0.05, 0.1) is 11.0 Å². The van der Waals surface area contributed by atoms with Gasteiger partial charge in [-0.25, -0.2) is 0 Å². The number of aliphatic hydroxyl groups is 1. The molecule has 21 heavy (non-hydrogen) atoms. The molecule has 0 saturated heterocycles. The summed E-state index contributed by atoms with van der Waals surface area (Å²) in [7, 11) is 0. The number of phenols is 1. The van der Waals surface area contributed by atoms with Crippen molar-refractivity contribution in [1.82, 2.24) is 0 Å². The number of hydrogen-bond donors (Lipinski definition) is 2. The highest BCUT2D eigenvalue weighted by atomic mass is 16.5. The van der Waals surface area contributed by atoms with E-state index < -0.39 is 17.1 Å². The second kappa shape index (κ2) is 2.72. The van der Waals surface area contributed by atoms with Crippen LogP contribution in [0.25, 0.3) is 0 Å². The Hall–Kier alpha value is -1.55.